The minimum atomic E-state index is -2.10. The maximum Gasteiger partial charge on any atom is 0.308 e. The molecular formula is C48H78O9. The van der Waals surface area contributed by atoms with Crippen molar-refractivity contribution in [2.75, 3.05) is 0 Å². The maximum absolute atomic E-state index is 13.6. The molecule has 17 atom stereocenters. The Morgan fingerprint density at radius 2 is 1.26 bits per heavy atom. The van der Waals surface area contributed by atoms with Crippen molar-refractivity contribution in [1.29, 1.82) is 0 Å². The first-order valence-electron chi connectivity index (χ1n) is 23.7. The molecule has 0 heterocycles. The van der Waals surface area contributed by atoms with E-state index in [9.17, 15) is 40.2 Å². The number of hydrogen-bond acceptors (Lipinski definition) is 8. The summed E-state index contributed by atoms with van der Waals surface area (Å²) in [7, 11) is 0. The highest BCUT2D eigenvalue weighted by Gasteiger charge is 2.73. The van der Waals surface area contributed by atoms with E-state index in [2.05, 4.69) is 27.7 Å². The molecule has 57 heavy (non-hydrogen) atoms. The van der Waals surface area contributed by atoms with Gasteiger partial charge in [0.2, 0.25) is 5.79 Å². The van der Waals surface area contributed by atoms with Crippen LogP contribution < -0.4 is 0 Å². The molecule has 9 nitrogen and oxygen atoms in total. The third kappa shape index (κ3) is 6.61. The lowest BCUT2D eigenvalue weighted by atomic mass is 9.41. The number of aliphatic hydroxyl groups is 5. The Balaban J connectivity index is 0.898. The van der Waals surface area contributed by atoms with E-state index in [0.717, 1.165) is 30.1 Å². The fraction of sp³-hybridized carbons (Fsp3) is 0.958. The van der Waals surface area contributed by atoms with E-state index in [0.29, 0.717) is 48.3 Å². The zero-order valence-corrected chi connectivity index (χ0v) is 36.2. The van der Waals surface area contributed by atoms with Gasteiger partial charge in [-0.15, -0.1) is 0 Å². The van der Waals surface area contributed by atoms with E-state index >= 15 is 0 Å². The predicted molar refractivity (Wildman–Crippen MR) is 216 cm³/mol. The smallest absolute Gasteiger partial charge is 0.308 e. The SMILES string of the molecule is C[C@H](CCC(=O)O)[C@H]1CC[C@H]2[C@H]3[C@H](CC(O)(O)[C@]12C)[C@@]1(C)CC[C@@](O)(OC(=O)CC[C@@H](C)[C@H]2CCC4C5CCC6CCCC[C@]6(C)C5CC[C@@]42C)C[C@H]1CC3(O)O. The number of rotatable bonds is 9. The van der Waals surface area contributed by atoms with E-state index in [1.165, 1.54) is 64.2 Å². The lowest BCUT2D eigenvalue weighted by molar-refractivity contribution is -0.372. The fourth-order valence-electron chi connectivity index (χ4n) is 17.9. The molecule has 0 radical (unpaired) electrons. The van der Waals surface area contributed by atoms with E-state index < -0.39 is 51.9 Å². The zero-order chi connectivity index (χ0) is 41.1. The van der Waals surface area contributed by atoms with Crippen LogP contribution in [0, 0.1) is 92.7 Å². The average Bonchev–Trinajstić information content (AvgIpc) is 3.68. The van der Waals surface area contributed by atoms with Crippen LogP contribution in [0.25, 0.3) is 0 Å². The summed E-state index contributed by atoms with van der Waals surface area (Å²) in [6.45, 7) is 13.5. The number of carboxylic acid groups (broad SMARTS) is 1. The summed E-state index contributed by atoms with van der Waals surface area (Å²) >= 11 is 0. The number of aliphatic carboxylic acids is 1. The number of carboxylic acids is 1. The third-order valence-corrected chi connectivity index (χ3v) is 21.0. The van der Waals surface area contributed by atoms with Crippen molar-refractivity contribution >= 4 is 11.9 Å². The minimum Gasteiger partial charge on any atom is -0.481 e. The van der Waals surface area contributed by atoms with E-state index in [-0.39, 0.29) is 62.2 Å². The van der Waals surface area contributed by atoms with Crippen LogP contribution in [0.15, 0.2) is 0 Å². The summed E-state index contributed by atoms with van der Waals surface area (Å²) in [5, 5.41) is 69.0. The molecular weight excluding hydrogens is 721 g/mol. The minimum absolute atomic E-state index is 0.00548. The molecule has 0 bridgehead atoms. The highest BCUT2D eigenvalue weighted by molar-refractivity contribution is 5.69. The summed E-state index contributed by atoms with van der Waals surface area (Å²) in [6, 6.07) is 0. The van der Waals surface area contributed by atoms with Crippen LogP contribution >= 0.6 is 0 Å². The van der Waals surface area contributed by atoms with Crippen LogP contribution in [0.5, 0.6) is 0 Å². The van der Waals surface area contributed by atoms with Crippen molar-refractivity contribution in [3.63, 3.8) is 0 Å². The van der Waals surface area contributed by atoms with Gasteiger partial charge in [-0.05, 0) is 165 Å². The van der Waals surface area contributed by atoms with Gasteiger partial charge in [-0.25, -0.2) is 0 Å². The molecule has 0 aromatic heterocycles. The molecule has 9 heteroatoms. The molecule has 8 saturated carbocycles. The van der Waals surface area contributed by atoms with Crippen molar-refractivity contribution in [1.82, 2.24) is 0 Å². The van der Waals surface area contributed by atoms with Crippen molar-refractivity contribution in [2.24, 2.45) is 92.7 Å². The normalized spacial score (nSPS) is 50.5. The zero-order valence-electron chi connectivity index (χ0n) is 36.2. The molecule has 8 fully saturated rings. The van der Waals surface area contributed by atoms with Gasteiger partial charge in [0.1, 0.15) is 0 Å². The van der Waals surface area contributed by atoms with Crippen molar-refractivity contribution in [3.8, 4) is 0 Å². The number of fused-ring (bicyclic) bond motifs is 10. The molecule has 4 unspecified atom stereocenters. The Morgan fingerprint density at radius 1 is 0.614 bits per heavy atom. The fourth-order valence-corrected chi connectivity index (χ4v) is 17.9. The first-order valence-corrected chi connectivity index (χ1v) is 23.7. The summed E-state index contributed by atoms with van der Waals surface area (Å²) in [6.07, 6.45) is 17.2. The molecule has 324 valence electrons. The molecule has 0 amide bonds. The van der Waals surface area contributed by atoms with Gasteiger partial charge in [-0.1, -0.05) is 54.4 Å². The average molecular weight is 799 g/mol. The van der Waals surface area contributed by atoms with Crippen molar-refractivity contribution < 1.29 is 45.0 Å². The lowest BCUT2D eigenvalue weighted by Gasteiger charge is -2.67. The Kier molecular flexibility index (Phi) is 10.7. The second kappa shape index (κ2) is 14.4. The molecule has 8 rings (SSSR count). The summed E-state index contributed by atoms with van der Waals surface area (Å²) in [5.41, 5.74) is -0.703. The van der Waals surface area contributed by atoms with Gasteiger partial charge >= 0.3 is 11.9 Å². The van der Waals surface area contributed by atoms with Gasteiger partial charge < -0.3 is 35.4 Å². The molecule has 8 aliphatic carbocycles. The Labute approximate surface area is 342 Å². The van der Waals surface area contributed by atoms with E-state index in [1.54, 1.807) is 0 Å². The van der Waals surface area contributed by atoms with Crippen molar-refractivity contribution in [3.05, 3.63) is 0 Å². The highest BCUT2D eigenvalue weighted by atomic mass is 16.7. The third-order valence-electron chi connectivity index (χ3n) is 21.0. The largest absolute Gasteiger partial charge is 0.481 e. The number of ether oxygens (including phenoxy) is 1. The van der Waals surface area contributed by atoms with Gasteiger partial charge in [-0.3, -0.25) is 9.59 Å². The van der Waals surface area contributed by atoms with Crippen LogP contribution in [0.2, 0.25) is 0 Å². The van der Waals surface area contributed by atoms with Gasteiger partial charge in [0.05, 0.1) is 0 Å². The summed E-state index contributed by atoms with van der Waals surface area (Å²) in [4.78, 5) is 25.0. The van der Waals surface area contributed by atoms with Gasteiger partial charge in [0.15, 0.2) is 11.6 Å². The first-order chi connectivity index (χ1) is 26.6. The Hall–Kier alpha value is -1.26. The summed E-state index contributed by atoms with van der Waals surface area (Å²) in [5.74, 6) is -4.79. The molecule has 0 aromatic carbocycles. The van der Waals surface area contributed by atoms with E-state index in [1.807, 2.05) is 13.8 Å². The topological polar surface area (TPSA) is 165 Å². The van der Waals surface area contributed by atoms with Gasteiger partial charge in [0, 0.05) is 49.9 Å². The number of hydrogen-bond donors (Lipinski definition) is 6. The number of carbonyl (C=O) groups excluding carboxylic acids is 1. The van der Waals surface area contributed by atoms with Crippen LogP contribution in [0.1, 0.15) is 176 Å². The quantitative estimate of drug-likeness (QED) is 0.0993. The second-order valence-electron chi connectivity index (χ2n) is 23.2. The molecule has 6 N–H and O–H groups in total. The van der Waals surface area contributed by atoms with Crippen molar-refractivity contribution in [2.45, 2.75) is 194 Å². The highest BCUT2D eigenvalue weighted by Crippen LogP contribution is 2.73. The van der Waals surface area contributed by atoms with Gasteiger partial charge in [0.25, 0.3) is 0 Å². The standard InChI is InChI=1S/C48H78O9/c1-28(33-14-16-35-32-13-12-30-9-7-8-21-42(30,3)36(32)20-22-44(33,35)5)11-19-40(51)57-46(52)24-23-43(4)31(25-46)26-47(53,54)41-37-17-15-34(29(2)10-18-39(49)50)45(37,6)48(55,56)27-38(41)43/h28-38,41,52-56H,7-27H2,1-6H3,(H,49,50)/t28-,29-,30?,31+,32?,33-,34-,35?,36?,37+,38+,41+,42+,43+,44-,45-,46-/m1/s1. The van der Waals surface area contributed by atoms with E-state index in [4.69, 9.17) is 4.74 Å². The molecule has 8 aliphatic rings. The number of esters is 1. The van der Waals surface area contributed by atoms with Crippen LogP contribution in [0.4, 0.5) is 0 Å². The lowest BCUT2D eigenvalue weighted by Crippen LogP contribution is -2.70. The second-order valence-corrected chi connectivity index (χ2v) is 23.2. The Bertz CT molecular complexity index is 1540. The molecule has 0 spiro atoms. The molecule has 0 aromatic rings. The molecule has 0 saturated heterocycles. The van der Waals surface area contributed by atoms with Gasteiger partial charge in [-0.2, -0.15) is 0 Å². The Morgan fingerprint density at radius 3 is 2.00 bits per heavy atom. The monoisotopic (exact) mass is 799 g/mol. The van der Waals surface area contributed by atoms with Crippen LogP contribution in [-0.4, -0.2) is 59.9 Å². The first kappa shape index (κ1) is 42.4. The molecule has 0 aliphatic heterocycles. The van der Waals surface area contributed by atoms with Crippen LogP contribution in [0.3, 0.4) is 0 Å². The van der Waals surface area contributed by atoms with Crippen LogP contribution in [-0.2, 0) is 14.3 Å². The summed E-state index contributed by atoms with van der Waals surface area (Å²) < 4.78 is 5.97. The maximum atomic E-state index is 13.6. The predicted octanol–water partition coefficient (Wildman–Crippen LogP) is 8.42. The number of carbonyl (C=O) groups is 2.